The Bertz CT molecular complexity index is 514. The molecule has 1 heterocycles. The summed E-state index contributed by atoms with van der Waals surface area (Å²) in [5, 5.41) is 3.48. The van der Waals surface area contributed by atoms with Gasteiger partial charge >= 0.3 is 0 Å². The Balaban J connectivity index is 1.86. The van der Waals surface area contributed by atoms with E-state index in [0.717, 1.165) is 18.8 Å². The Kier molecular flexibility index (Phi) is 5.00. The average molecular weight is 275 g/mol. The van der Waals surface area contributed by atoms with Crippen molar-refractivity contribution >= 4 is 11.3 Å². The van der Waals surface area contributed by atoms with Crippen LogP contribution in [0.25, 0.3) is 0 Å². The molecule has 1 aromatic heterocycles. The standard InChI is InChI=1S/C16H21NOS/c1-4-18-15-7-5-6-14(9-15)10-17-11-16-8-12(2)13(3)19-16/h5-9,17H,4,10-11H2,1-3H3. The zero-order chi connectivity index (χ0) is 13.7. The summed E-state index contributed by atoms with van der Waals surface area (Å²) in [6.07, 6.45) is 0. The van der Waals surface area contributed by atoms with Crippen molar-refractivity contribution in [3.8, 4) is 5.75 Å². The van der Waals surface area contributed by atoms with Crippen LogP contribution in [0.4, 0.5) is 0 Å². The highest BCUT2D eigenvalue weighted by Gasteiger charge is 2.01. The van der Waals surface area contributed by atoms with Gasteiger partial charge in [0.1, 0.15) is 5.75 Å². The van der Waals surface area contributed by atoms with Crippen LogP contribution in [0.2, 0.25) is 0 Å². The van der Waals surface area contributed by atoms with Gasteiger partial charge in [-0.05, 0) is 50.1 Å². The third-order valence-electron chi connectivity index (χ3n) is 3.05. The van der Waals surface area contributed by atoms with Gasteiger partial charge in [-0.1, -0.05) is 12.1 Å². The number of hydrogen-bond acceptors (Lipinski definition) is 3. The predicted octanol–water partition coefficient (Wildman–Crippen LogP) is 4.05. The van der Waals surface area contributed by atoms with Crippen LogP contribution in [-0.2, 0) is 13.1 Å². The molecule has 0 aliphatic carbocycles. The minimum atomic E-state index is 0.713. The highest BCUT2D eigenvalue weighted by atomic mass is 32.1. The van der Waals surface area contributed by atoms with E-state index in [-0.39, 0.29) is 0 Å². The molecule has 2 nitrogen and oxygen atoms in total. The molecule has 1 aromatic carbocycles. The van der Waals surface area contributed by atoms with Crippen LogP contribution >= 0.6 is 11.3 Å². The number of ether oxygens (including phenoxy) is 1. The molecular weight excluding hydrogens is 254 g/mol. The highest BCUT2D eigenvalue weighted by molar-refractivity contribution is 7.12. The Labute approximate surface area is 119 Å². The second-order valence-corrected chi connectivity index (χ2v) is 5.98. The summed E-state index contributed by atoms with van der Waals surface area (Å²) in [5.41, 5.74) is 2.65. The summed E-state index contributed by atoms with van der Waals surface area (Å²) < 4.78 is 5.50. The predicted molar refractivity (Wildman–Crippen MR) is 81.9 cm³/mol. The lowest BCUT2D eigenvalue weighted by molar-refractivity contribution is 0.340. The maximum Gasteiger partial charge on any atom is 0.119 e. The summed E-state index contributed by atoms with van der Waals surface area (Å²) in [6, 6.07) is 10.5. The van der Waals surface area contributed by atoms with E-state index in [1.807, 2.05) is 30.4 Å². The van der Waals surface area contributed by atoms with E-state index < -0.39 is 0 Å². The summed E-state index contributed by atoms with van der Waals surface area (Å²) in [7, 11) is 0. The van der Waals surface area contributed by atoms with Gasteiger partial charge in [0.05, 0.1) is 6.61 Å². The molecule has 1 N–H and O–H groups in total. The van der Waals surface area contributed by atoms with Crippen LogP contribution < -0.4 is 10.1 Å². The van der Waals surface area contributed by atoms with Crippen LogP contribution in [0.5, 0.6) is 5.75 Å². The smallest absolute Gasteiger partial charge is 0.119 e. The normalized spacial score (nSPS) is 10.7. The molecule has 2 aromatic rings. The van der Waals surface area contributed by atoms with Gasteiger partial charge in [0.25, 0.3) is 0 Å². The molecule has 19 heavy (non-hydrogen) atoms. The van der Waals surface area contributed by atoms with Crippen molar-refractivity contribution in [3.63, 3.8) is 0 Å². The van der Waals surface area contributed by atoms with E-state index in [0.29, 0.717) is 6.61 Å². The van der Waals surface area contributed by atoms with E-state index in [1.54, 1.807) is 0 Å². The fourth-order valence-corrected chi connectivity index (χ4v) is 3.00. The largest absolute Gasteiger partial charge is 0.494 e. The Morgan fingerprint density at radius 2 is 2.00 bits per heavy atom. The van der Waals surface area contributed by atoms with Gasteiger partial charge in [0.2, 0.25) is 0 Å². The average Bonchev–Trinajstić information content (AvgIpc) is 2.70. The van der Waals surface area contributed by atoms with E-state index in [2.05, 4.69) is 37.4 Å². The number of thiophene rings is 1. The van der Waals surface area contributed by atoms with Crippen LogP contribution in [0.3, 0.4) is 0 Å². The van der Waals surface area contributed by atoms with Gasteiger partial charge < -0.3 is 10.1 Å². The lowest BCUT2D eigenvalue weighted by Gasteiger charge is -2.07. The molecule has 0 saturated carbocycles. The van der Waals surface area contributed by atoms with Gasteiger partial charge in [0, 0.05) is 22.8 Å². The topological polar surface area (TPSA) is 21.3 Å². The Hall–Kier alpha value is -1.32. The van der Waals surface area contributed by atoms with Crippen molar-refractivity contribution < 1.29 is 4.74 Å². The zero-order valence-corrected chi connectivity index (χ0v) is 12.6. The maximum atomic E-state index is 5.50. The van der Waals surface area contributed by atoms with E-state index in [4.69, 9.17) is 4.74 Å². The molecule has 0 atom stereocenters. The minimum absolute atomic E-state index is 0.713. The highest BCUT2D eigenvalue weighted by Crippen LogP contribution is 2.20. The molecule has 0 bridgehead atoms. The lowest BCUT2D eigenvalue weighted by Crippen LogP contribution is -2.11. The Morgan fingerprint density at radius 1 is 1.16 bits per heavy atom. The SMILES string of the molecule is CCOc1cccc(CNCc2cc(C)c(C)s2)c1. The molecule has 0 aliphatic heterocycles. The molecule has 3 heteroatoms. The second kappa shape index (κ2) is 6.73. The lowest BCUT2D eigenvalue weighted by atomic mass is 10.2. The fourth-order valence-electron chi connectivity index (χ4n) is 1.98. The number of hydrogen-bond donors (Lipinski definition) is 1. The van der Waals surface area contributed by atoms with Crippen molar-refractivity contribution in [2.75, 3.05) is 6.61 Å². The van der Waals surface area contributed by atoms with Gasteiger partial charge in [-0.2, -0.15) is 0 Å². The van der Waals surface area contributed by atoms with Gasteiger partial charge in [-0.3, -0.25) is 0 Å². The molecule has 0 fully saturated rings. The van der Waals surface area contributed by atoms with Crippen LogP contribution in [0, 0.1) is 13.8 Å². The molecule has 0 radical (unpaired) electrons. The summed E-state index contributed by atoms with van der Waals surface area (Å²) in [5.74, 6) is 0.949. The first-order valence-corrected chi connectivity index (χ1v) is 7.49. The van der Waals surface area contributed by atoms with Gasteiger partial charge in [0.15, 0.2) is 0 Å². The molecule has 0 aliphatic rings. The van der Waals surface area contributed by atoms with Crippen molar-refractivity contribution in [2.45, 2.75) is 33.9 Å². The number of nitrogens with one attached hydrogen (secondary N) is 1. The molecule has 2 rings (SSSR count). The van der Waals surface area contributed by atoms with Crippen molar-refractivity contribution in [1.82, 2.24) is 5.32 Å². The van der Waals surface area contributed by atoms with Crippen molar-refractivity contribution in [2.24, 2.45) is 0 Å². The minimum Gasteiger partial charge on any atom is -0.494 e. The number of benzene rings is 1. The quantitative estimate of drug-likeness (QED) is 0.858. The van der Waals surface area contributed by atoms with Gasteiger partial charge in [-0.15, -0.1) is 11.3 Å². The van der Waals surface area contributed by atoms with Crippen molar-refractivity contribution in [3.05, 3.63) is 51.2 Å². The van der Waals surface area contributed by atoms with Crippen LogP contribution in [-0.4, -0.2) is 6.61 Å². The maximum absolute atomic E-state index is 5.50. The molecule has 0 spiro atoms. The molecule has 0 amide bonds. The van der Waals surface area contributed by atoms with Crippen LogP contribution in [0.15, 0.2) is 30.3 Å². The van der Waals surface area contributed by atoms with E-state index >= 15 is 0 Å². The molecular formula is C16H21NOS. The number of rotatable bonds is 6. The zero-order valence-electron chi connectivity index (χ0n) is 11.8. The first-order chi connectivity index (χ1) is 9.19. The molecule has 0 saturated heterocycles. The second-order valence-electron chi connectivity index (χ2n) is 4.64. The first-order valence-electron chi connectivity index (χ1n) is 6.67. The summed E-state index contributed by atoms with van der Waals surface area (Å²) >= 11 is 1.87. The summed E-state index contributed by atoms with van der Waals surface area (Å²) in [6.45, 7) is 8.86. The first kappa shape index (κ1) is 14.1. The third kappa shape index (κ3) is 4.08. The van der Waals surface area contributed by atoms with Crippen molar-refractivity contribution in [1.29, 1.82) is 0 Å². The molecule has 102 valence electrons. The molecule has 0 unspecified atom stereocenters. The van der Waals surface area contributed by atoms with Gasteiger partial charge in [-0.25, -0.2) is 0 Å². The number of aryl methyl sites for hydroxylation is 2. The van der Waals surface area contributed by atoms with E-state index in [9.17, 15) is 0 Å². The van der Waals surface area contributed by atoms with E-state index in [1.165, 1.54) is 20.9 Å². The summed E-state index contributed by atoms with van der Waals surface area (Å²) in [4.78, 5) is 2.81. The Morgan fingerprint density at radius 3 is 2.68 bits per heavy atom. The fraction of sp³-hybridized carbons (Fsp3) is 0.375. The third-order valence-corrected chi connectivity index (χ3v) is 4.21. The van der Waals surface area contributed by atoms with Crippen LogP contribution in [0.1, 0.15) is 27.8 Å². The monoisotopic (exact) mass is 275 g/mol.